The van der Waals surface area contributed by atoms with E-state index in [9.17, 15) is 0 Å². The number of unbranched alkanes of at least 4 members (excludes halogenated alkanes) is 1. The van der Waals surface area contributed by atoms with Crippen molar-refractivity contribution in [1.29, 1.82) is 0 Å². The number of allylic oxidation sites excluding steroid dienone is 1. The van der Waals surface area contributed by atoms with Crippen molar-refractivity contribution in [2.45, 2.75) is 65.1 Å². The molecule has 0 unspecified atom stereocenters. The van der Waals surface area contributed by atoms with Crippen LogP contribution in [0, 0.1) is 17.8 Å². The summed E-state index contributed by atoms with van der Waals surface area (Å²) in [5.74, 6) is 2.07. The topological polar surface area (TPSA) is 18.5 Å². The summed E-state index contributed by atoms with van der Waals surface area (Å²) >= 11 is 0. The summed E-state index contributed by atoms with van der Waals surface area (Å²) in [7, 11) is 0. The summed E-state index contributed by atoms with van der Waals surface area (Å²) in [6.45, 7) is 6.02. The van der Waals surface area contributed by atoms with Gasteiger partial charge in [0.2, 0.25) is 0 Å². The SMILES string of the molecule is C/C=C/C1COC(C2CCC(CCCC)CC2)OC1. The number of hydrogen-bond acceptors (Lipinski definition) is 2. The lowest BCUT2D eigenvalue weighted by Gasteiger charge is -2.37. The Morgan fingerprint density at radius 3 is 2.32 bits per heavy atom. The molecule has 0 aromatic carbocycles. The van der Waals surface area contributed by atoms with E-state index in [0.717, 1.165) is 19.1 Å². The summed E-state index contributed by atoms with van der Waals surface area (Å²) in [5, 5.41) is 0. The highest BCUT2D eigenvalue weighted by atomic mass is 16.7. The fourth-order valence-corrected chi connectivity index (χ4v) is 3.43. The van der Waals surface area contributed by atoms with Gasteiger partial charge in [-0.25, -0.2) is 0 Å². The molecule has 0 aromatic heterocycles. The first-order chi connectivity index (χ1) is 9.33. The third-order valence-electron chi connectivity index (χ3n) is 4.66. The van der Waals surface area contributed by atoms with Gasteiger partial charge in [-0.3, -0.25) is 0 Å². The Kier molecular flexibility index (Phi) is 6.39. The first-order valence-electron chi connectivity index (χ1n) is 8.19. The highest BCUT2D eigenvalue weighted by Crippen LogP contribution is 2.35. The van der Waals surface area contributed by atoms with Gasteiger partial charge in [0.25, 0.3) is 0 Å². The fourth-order valence-electron chi connectivity index (χ4n) is 3.43. The highest BCUT2D eigenvalue weighted by Gasteiger charge is 2.31. The normalized spacial score (nSPS) is 36.7. The third-order valence-corrected chi connectivity index (χ3v) is 4.66. The summed E-state index contributed by atoms with van der Waals surface area (Å²) in [5.41, 5.74) is 0. The number of rotatable bonds is 5. The van der Waals surface area contributed by atoms with Gasteiger partial charge in [0, 0.05) is 11.8 Å². The first kappa shape index (κ1) is 15.1. The van der Waals surface area contributed by atoms with Crippen molar-refractivity contribution in [2.75, 3.05) is 13.2 Å². The largest absolute Gasteiger partial charge is 0.352 e. The van der Waals surface area contributed by atoms with E-state index in [1.165, 1.54) is 44.9 Å². The molecule has 1 heterocycles. The van der Waals surface area contributed by atoms with Crippen LogP contribution in [0.15, 0.2) is 12.2 Å². The number of hydrogen-bond donors (Lipinski definition) is 0. The van der Waals surface area contributed by atoms with Crippen LogP contribution in [0.5, 0.6) is 0 Å². The van der Waals surface area contributed by atoms with E-state index in [4.69, 9.17) is 9.47 Å². The van der Waals surface area contributed by atoms with Crippen molar-refractivity contribution in [1.82, 2.24) is 0 Å². The van der Waals surface area contributed by atoms with Gasteiger partial charge in [-0.05, 0) is 38.5 Å². The van der Waals surface area contributed by atoms with Gasteiger partial charge in [-0.1, -0.05) is 38.3 Å². The molecule has 0 bridgehead atoms. The van der Waals surface area contributed by atoms with Gasteiger partial charge in [0.15, 0.2) is 6.29 Å². The van der Waals surface area contributed by atoms with Gasteiger partial charge in [-0.2, -0.15) is 0 Å². The molecule has 2 rings (SSSR count). The predicted molar refractivity (Wildman–Crippen MR) is 79.0 cm³/mol. The quantitative estimate of drug-likeness (QED) is 0.680. The summed E-state index contributed by atoms with van der Waals surface area (Å²) < 4.78 is 11.9. The first-order valence-corrected chi connectivity index (χ1v) is 8.19. The van der Waals surface area contributed by atoms with Crippen molar-refractivity contribution in [3.8, 4) is 0 Å². The maximum Gasteiger partial charge on any atom is 0.160 e. The molecule has 0 spiro atoms. The highest BCUT2D eigenvalue weighted by molar-refractivity contribution is 4.87. The Balaban J connectivity index is 1.68. The van der Waals surface area contributed by atoms with Crippen LogP contribution in [0.3, 0.4) is 0 Å². The van der Waals surface area contributed by atoms with Gasteiger partial charge in [0.05, 0.1) is 13.2 Å². The zero-order chi connectivity index (χ0) is 13.5. The van der Waals surface area contributed by atoms with Crippen molar-refractivity contribution in [3.63, 3.8) is 0 Å². The molecular weight excluding hydrogens is 236 g/mol. The lowest BCUT2D eigenvalue weighted by Crippen LogP contribution is -2.38. The van der Waals surface area contributed by atoms with E-state index in [1.54, 1.807) is 0 Å². The molecule has 19 heavy (non-hydrogen) atoms. The van der Waals surface area contributed by atoms with Crippen molar-refractivity contribution < 1.29 is 9.47 Å². The molecule has 110 valence electrons. The molecule has 0 aromatic rings. The monoisotopic (exact) mass is 266 g/mol. The second-order valence-electron chi connectivity index (χ2n) is 6.24. The summed E-state index contributed by atoms with van der Waals surface area (Å²) in [6.07, 6.45) is 13.9. The lowest BCUT2D eigenvalue weighted by atomic mass is 9.79. The molecule has 0 radical (unpaired) electrons. The number of ether oxygens (including phenoxy) is 2. The van der Waals surface area contributed by atoms with Gasteiger partial charge in [-0.15, -0.1) is 0 Å². The maximum absolute atomic E-state index is 5.93. The van der Waals surface area contributed by atoms with Gasteiger partial charge >= 0.3 is 0 Å². The minimum Gasteiger partial charge on any atom is -0.352 e. The molecule has 0 amide bonds. The van der Waals surface area contributed by atoms with E-state index in [0.29, 0.717) is 11.8 Å². The Hall–Kier alpha value is -0.340. The van der Waals surface area contributed by atoms with Crippen LogP contribution in [-0.4, -0.2) is 19.5 Å². The fraction of sp³-hybridized carbons (Fsp3) is 0.882. The molecular formula is C17H30O2. The average molecular weight is 266 g/mol. The molecule has 2 aliphatic rings. The molecule has 1 saturated heterocycles. The lowest BCUT2D eigenvalue weighted by molar-refractivity contribution is -0.223. The smallest absolute Gasteiger partial charge is 0.160 e. The molecule has 2 fully saturated rings. The van der Waals surface area contributed by atoms with Crippen molar-refractivity contribution in [2.24, 2.45) is 17.8 Å². The summed E-state index contributed by atoms with van der Waals surface area (Å²) in [6, 6.07) is 0. The third kappa shape index (κ3) is 4.61. The molecule has 0 N–H and O–H groups in total. The molecule has 2 heteroatoms. The van der Waals surface area contributed by atoms with E-state index in [1.807, 2.05) is 0 Å². The maximum atomic E-state index is 5.93. The molecule has 1 saturated carbocycles. The second-order valence-corrected chi connectivity index (χ2v) is 6.24. The second kappa shape index (κ2) is 8.06. The van der Waals surface area contributed by atoms with Crippen LogP contribution in [0.1, 0.15) is 58.8 Å². The molecule has 2 nitrogen and oxygen atoms in total. The van der Waals surface area contributed by atoms with Crippen LogP contribution in [0.4, 0.5) is 0 Å². The van der Waals surface area contributed by atoms with Crippen LogP contribution in [0.2, 0.25) is 0 Å². The Morgan fingerprint density at radius 2 is 1.74 bits per heavy atom. The van der Waals surface area contributed by atoms with Gasteiger partial charge in [0.1, 0.15) is 0 Å². The zero-order valence-corrected chi connectivity index (χ0v) is 12.6. The van der Waals surface area contributed by atoms with Crippen LogP contribution < -0.4 is 0 Å². The van der Waals surface area contributed by atoms with Crippen LogP contribution in [0.25, 0.3) is 0 Å². The minimum absolute atomic E-state index is 0.0774. The van der Waals surface area contributed by atoms with Crippen molar-refractivity contribution >= 4 is 0 Å². The molecule has 1 aliphatic carbocycles. The minimum atomic E-state index is 0.0774. The summed E-state index contributed by atoms with van der Waals surface area (Å²) in [4.78, 5) is 0. The molecule has 0 atom stereocenters. The van der Waals surface area contributed by atoms with E-state index in [-0.39, 0.29) is 6.29 Å². The van der Waals surface area contributed by atoms with E-state index in [2.05, 4.69) is 26.0 Å². The van der Waals surface area contributed by atoms with Crippen LogP contribution >= 0.6 is 0 Å². The van der Waals surface area contributed by atoms with Crippen molar-refractivity contribution in [3.05, 3.63) is 12.2 Å². The Labute approximate surface area is 118 Å². The Morgan fingerprint density at radius 1 is 1.05 bits per heavy atom. The van der Waals surface area contributed by atoms with Crippen LogP contribution in [-0.2, 0) is 9.47 Å². The van der Waals surface area contributed by atoms with Gasteiger partial charge < -0.3 is 9.47 Å². The Bertz CT molecular complexity index is 258. The molecule has 1 aliphatic heterocycles. The average Bonchev–Trinajstić information content (AvgIpc) is 2.47. The standard InChI is InChI=1S/C17H30O2/c1-3-5-7-14-8-10-16(11-9-14)17-18-12-15(6-4-2)13-19-17/h4,6,14-17H,3,5,7-13H2,1-2H3/b6-4+. The van der Waals surface area contributed by atoms with E-state index < -0.39 is 0 Å². The van der Waals surface area contributed by atoms with E-state index >= 15 is 0 Å². The zero-order valence-electron chi connectivity index (χ0n) is 12.6. The predicted octanol–water partition coefficient (Wildman–Crippen LogP) is 4.55.